The van der Waals surface area contributed by atoms with Gasteiger partial charge in [-0.15, -0.1) is 11.3 Å². The standard InChI is InChI=1S/C10H10BNO5S/c1-12-3-9(14)16-11(17-10(15)4-12)7-2-8(5-13)18-6-7/h2,5-6H,3-4H2,1H3. The second kappa shape index (κ2) is 5.32. The summed E-state index contributed by atoms with van der Waals surface area (Å²) in [6.07, 6.45) is 0.689. The second-order valence-corrected chi connectivity index (χ2v) is 4.83. The molecule has 2 heterocycles. The summed E-state index contributed by atoms with van der Waals surface area (Å²) in [6, 6.07) is 1.54. The molecule has 1 fully saturated rings. The zero-order valence-corrected chi connectivity index (χ0v) is 10.4. The molecule has 2 rings (SSSR count). The molecule has 18 heavy (non-hydrogen) atoms. The number of aldehydes is 1. The molecule has 1 aliphatic heterocycles. The van der Waals surface area contributed by atoms with Crippen molar-refractivity contribution in [2.24, 2.45) is 0 Å². The molecule has 0 N–H and O–H groups in total. The third kappa shape index (κ3) is 2.96. The van der Waals surface area contributed by atoms with Gasteiger partial charge in [0.15, 0.2) is 6.29 Å². The van der Waals surface area contributed by atoms with E-state index in [-0.39, 0.29) is 13.1 Å². The van der Waals surface area contributed by atoms with Crippen molar-refractivity contribution in [1.82, 2.24) is 4.90 Å². The molecule has 8 heteroatoms. The van der Waals surface area contributed by atoms with Crippen LogP contribution in [0.15, 0.2) is 11.4 Å². The van der Waals surface area contributed by atoms with Gasteiger partial charge in [-0.2, -0.15) is 0 Å². The third-order valence-electron chi connectivity index (χ3n) is 2.30. The lowest BCUT2D eigenvalue weighted by Crippen LogP contribution is -2.47. The number of rotatable bonds is 2. The molecule has 0 atom stereocenters. The fourth-order valence-electron chi connectivity index (χ4n) is 1.52. The molecule has 1 saturated heterocycles. The molecule has 0 aliphatic carbocycles. The van der Waals surface area contributed by atoms with Crippen LogP contribution in [0.2, 0.25) is 0 Å². The Morgan fingerprint density at radius 2 is 1.94 bits per heavy atom. The zero-order chi connectivity index (χ0) is 13.1. The van der Waals surface area contributed by atoms with Crippen LogP contribution in [-0.2, 0) is 18.9 Å². The van der Waals surface area contributed by atoms with Crippen molar-refractivity contribution in [3.8, 4) is 0 Å². The van der Waals surface area contributed by atoms with Gasteiger partial charge in [-0.1, -0.05) is 0 Å². The van der Waals surface area contributed by atoms with E-state index in [1.165, 1.54) is 22.3 Å². The number of nitrogens with zero attached hydrogens (tertiary/aromatic N) is 1. The largest absolute Gasteiger partial charge is 0.637 e. The summed E-state index contributed by atoms with van der Waals surface area (Å²) in [5.74, 6) is -0.956. The van der Waals surface area contributed by atoms with Gasteiger partial charge in [-0.3, -0.25) is 19.3 Å². The van der Waals surface area contributed by atoms with Crippen molar-refractivity contribution in [3.05, 3.63) is 16.3 Å². The van der Waals surface area contributed by atoms with Crippen LogP contribution in [0, 0.1) is 0 Å². The second-order valence-electron chi connectivity index (χ2n) is 3.88. The highest BCUT2D eigenvalue weighted by Crippen LogP contribution is 2.07. The molecule has 0 bridgehead atoms. The summed E-state index contributed by atoms with van der Waals surface area (Å²) < 4.78 is 10.1. The minimum Gasteiger partial charge on any atom is -0.494 e. The first kappa shape index (κ1) is 12.8. The Bertz CT molecular complexity index is 468. The number of likely N-dealkylation sites (N-methyl/N-ethyl adjacent to an activating group) is 1. The Hall–Kier alpha value is -1.67. The minimum atomic E-state index is -1.07. The smallest absolute Gasteiger partial charge is 0.494 e. The lowest BCUT2D eigenvalue weighted by Gasteiger charge is -2.22. The van der Waals surface area contributed by atoms with Crippen molar-refractivity contribution in [1.29, 1.82) is 0 Å². The Balaban J connectivity index is 2.17. The van der Waals surface area contributed by atoms with E-state index in [2.05, 4.69) is 0 Å². The summed E-state index contributed by atoms with van der Waals surface area (Å²) in [5.41, 5.74) is 0.494. The minimum absolute atomic E-state index is 0.0241. The van der Waals surface area contributed by atoms with Gasteiger partial charge < -0.3 is 9.31 Å². The lowest BCUT2D eigenvalue weighted by molar-refractivity contribution is -0.145. The van der Waals surface area contributed by atoms with Crippen molar-refractivity contribution in [3.63, 3.8) is 0 Å². The lowest BCUT2D eigenvalue weighted by atomic mass is 9.80. The number of carbonyl (C=O) groups is 3. The maximum Gasteiger partial charge on any atom is 0.637 e. The van der Waals surface area contributed by atoms with Crippen LogP contribution in [0.1, 0.15) is 9.67 Å². The van der Waals surface area contributed by atoms with Crippen LogP contribution in [-0.4, -0.2) is 50.4 Å². The Kier molecular flexibility index (Phi) is 3.78. The first-order valence-electron chi connectivity index (χ1n) is 5.19. The topological polar surface area (TPSA) is 72.9 Å². The first-order chi connectivity index (χ1) is 8.58. The van der Waals surface area contributed by atoms with Crippen LogP contribution in [0.3, 0.4) is 0 Å². The van der Waals surface area contributed by atoms with E-state index in [0.29, 0.717) is 16.6 Å². The highest BCUT2D eigenvalue weighted by Gasteiger charge is 2.34. The van der Waals surface area contributed by atoms with Crippen LogP contribution in [0.4, 0.5) is 0 Å². The Morgan fingerprint density at radius 3 is 2.44 bits per heavy atom. The molecule has 1 aliphatic rings. The number of thiophene rings is 1. The van der Waals surface area contributed by atoms with Crippen LogP contribution in [0.5, 0.6) is 0 Å². The highest BCUT2D eigenvalue weighted by atomic mass is 32.1. The maximum atomic E-state index is 11.5. The van der Waals surface area contributed by atoms with Crippen LogP contribution in [0.25, 0.3) is 0 Å². The molecule has 0 spiro atoms. The molecular weight excluding hydrogens is 257 g/mol. The van der Waals surface area contributed by atoms with Gasteiger partial charge in [0.1, 0.15) is 0 Å². The highest BCUT2D eigenvalue weighted by molar-refractivity contribution is 7.12. The monoisotopic (exact) mass is 267 g/mol. The van der Waals surface area contributed by atoms with Gasteiger partial charge in [0.05, 0.1) is 18.0 Å². The number of hydrogen-bond acceptors (Lipinski definition) is 7. The average Bonchev–Trinajstić information content (AvgIpc) is 2.74. The molecule has 0 amide bonds. The maximum absolute atomic E-state index is 11.5. The van der Waals surface area contributed by atoms with Crippen LogP contribution >= 0.6 is 11.3 Å². The molecule has 0 unspecified atom stereocenters. The van der Waals surface area contributed by atoms with Gasteiger partial charge in [0.2, 0.25) is 0 Å². The molecule has 1 aromatic rings. The van der Waals surface area contributed by atoms with E-state index in [9.17, 15) is 14.4 Å². The molecule has 0 radical (unpaired) electrons. The summed E-state index contributed by atoms with van der Waals surface area (Å²) in [6.45, 7) is 0.0482. The normalized spacial score (nSPS) is 17.7. The van der Waals surface area contributed by atoms with E-state index in [1.54, 1.807) is 12.4 Å². The van der Waals surface area contributed by atoms with Gasteiger partial charge in [0, 0.05) is 5.46 Å². The Morgan fingerprint density at radius 1 is 1.33 bits per heavy atom. The summed E-state index contributed by atoms with van der Waals surface area (Å²) in [7, 11) is 0.557. The predicted molar refractivity (Wildman–Crippen MR) is 64.8 cm³/mol. The summed E-state index contributed by atoms with van der Waals surface area (Å²) in [4.78, 5) is 35.6. The number of carbonyl (C=O) groups excluding carboxylic acids is 3. The quantitative estimate of drug-likeness (QED) is 0.520. The fourth-order valence-corrected chi connectivity index (χ4v) is 2.23. The molecular formula is C10H10BNO5S. The SMILES string of the molecule is CN1CC(=O)OB(c2csc(C=O)c2)OC(=O)C1. The van der Waals surface area contributed by atoms with E-state index >= 15 is 0 Å². The molecule has 1 aromatic heterocycles. The van der Waals surface area contributed by atoms with E-state index in [4.69, 9.17) is 9.31 Å². The summed E-state index contributed by atoms with van der Waals surface area (Å²) >= 11 is 1.20. The van der Waals surface area contributed by atoms with Crippen molar-refractivity contribution in [2.45, 2.75) is 0 Å². The van der Waals surface area contributed by atoms with Gasteiger partial charge in [-0.25, -0.2) is 0 Å². The summed E-state index contributed by atoms with van der Waals surface area (Å²) in [5, 5.41) is 1.63. The van der Waals surface area contributed by atoms with Crippen molar-refractivity contribution >= 4 is 42.1 Å². The van der Waals surface area contributed by atoms with E-state index in [0.717, 1.165) is 0 Å². The molecule has 0 saturated carbocycles. The van der Waals surface area contributed by atoms with Crippen LogP contribution < -0.4 is 5.46 Å². The van der Waals surface area contributed by atoms with E-state index < -0.39 is 19.1 Å². The zero-order valence-electron chi connectivity index (χ0n) is 9.62. The van der Waals surface area contributed by atoms with E-state index in [1.807, 2.05) is 0 Å². The molecule has 6 nitrogen and oxygen atoms in total. The van der Waals surface area contributed by atoms with Gasteiger partial charge in [-0.05, 0) is 18.5 Å². The first-order valence-corrected chi connectivity index (χ1v) is 6.07. The predicted octanol–water partition coefficient (Wildman–Crippen LogP) is -0.712. The third-order valence-corrected chi connectivity index (χ3v) is 3.18. The average molecular weight is 267 g/mol. The fraction of sp³-hybridized carbons (Fsp3) is 0.300. The molecule has 0 aromatic carbocycles. The Labute approximate surface area is 108 Å². The van der Waals surface area contributed by atoms with Gasteiger partial charge in [0.25, 0.3) is 0 Å². The van der Waals surface area contributed by atoms with Crippen molar-refractivity contribution < 1.29 is 23.7 Å². The molecule has 94 valence electrons. The van der Waals surface area contributed by atoms with Gasteiger partial charge >= 0.3 is 19.1 Å². The number of hydrogen-bond donors (Lipinski definition) is 0. The van der Waals surface area contributed by atoms with Crippen molar-refractivity contribution in [2.75, 3.05) is 20.1 Å².